The molecule has 0 aromatic heterocycles. The number of aliphatic carboxylic acids is 1. The van der Waals surface area contributed by atoms with Gasteiger partial charge >= 0.3 is 5.97 Å². The van der Waals surface area contributed by atoms with E-state index >= 15 is 0 Å². The van der Waals surface area contributed by atoms with E-state index in [-0.39, 0.29) is 6.04 Å². The highest BCUT2D eigenvalue weighted by Gasteiger charge is 2.34. The number of nitrogens with zero attached hydrogens (tertiary/aromatic N) is 1. The first-order valence-electron chi connectivity index (χ1n) is 3.89. The Labute approximate surface area is 74.6 Å². The molecule has 0 amide bonds. The van der Waals surface area contributed by atoms with Crippen molar-refractivity contribution in [3.05, 3.63) is 11.0 Å². The molecule has 2 aliphatic heterocycles. The molecule has 0 spiro atoms. The SMILES string of the molecule is O=C(O)C1=CSC2CCC=NC12. The van der Waals surface area contributed by atoms with Gasteiger partial charge in [0.15, 0.2) is 0 Å². The molecule has 0 aliphatic carbocycles. The minimum absolute atomic E-state index is 0.0822. The van der Waals surface area contributed by atoms with Gasteiger partial charge in [0.1, 0.15) is 0 Å². The summed E-state index contributed by atoms with van der Waals surface area (Å²) in [7, 11) is 0. The van der Waals surface area contributed by atoms with Crippen molar-refractivity contribution in [2.75, 3.05) is 0 Å². The van der Waals surface area contributed by atoms with Gasteiger partial charge in [0.25, 0.3) is 0 Å². The molecule has 3 nitrogen and oxygen atoms in total. The van der Waals surface area contributed by atoms with Crippen molar-refractivity contribution >= 4 is 23.9 Å². The number of thioether (sulfide) groups is 1. The van der Waals surface area contributed by atoms with E-state index in [9.17, 15) is 4.79 Å². The summed E-state index contributed by atoms with van der Waals surface area (Å²) in [6, 6.07) is -0.0822. The second kappa shape index (κ2) is 2.94. The van der Waals surface area contributed by atoms with Gasteiger partial charge in [0.2, 0.25) is 0 Å². The Morgan fingerprint density at radius 2 is 2.58 bits per heavy atom. The molecule has 12 heavy (non-hydrogen) atoms. The first kappa shape index (κ1) is 7.86. The molecular formula is C8H9NO2S. The zero-order valence-electron chi connectivity index (χ0n) is 6.43. The smallest absolute Gasteiger partial charge is 0.334 e. The summed E-state index contributed by atoms with van der Waals surface area (Å²) in [5.74, 6) is -0.825. The maximum absolute atomic E-state index is 10.7. The largest absolute Gasteiger partial charge is 0.478 e. The molecule has 0 aromatic rings. The topological polar surface area (TPSA) is 49.7 Å². The Bertz CT molecular complexity index is 272. The molecule has 4 heteroatoms. The van der Waals surface area contributed by atoms with Gasteiger partial charge in [-0.2, -0.15) is 0 Å². The molecule has 2 unspecified atom stereocenters. The third-order valence-electron chi connectivity index (χ3n) is 2.13. The van der Waals surface area contributed by atoms with E-state index in [4.69, 9.17) is 5.11 Å². The average Bonchev–Trinajstić information content (AvgIpc) is 2.47. The maximum Gasteiger partial charge on any atom is 0.334 e. The Morgan fingerprint density at radius 1 is 1.75 bits per heavy atom. The lowest BCUT2D eigenvalue weighted by molar-refractivity contribution is -0.132. The van der Waals surface area contributed by atoms with Crippen molar-refractivity contribution in [3.8, 4) is 0 Å². The number of fused-ring (bicyclic) bond motifs is 1. The van der Waals surface area contributed by atoms with E-state index in [1.54, 1.807) is 17.2 Å². The first-order chi connectivity index (χ1) is 5.79. The molecule has 2 heterocycles. The van der Waals surface area contributed by atoms with Gasteiger partial charge < -0.3 is 5.11 Å². The van der Waals surface area contributed by atoms with E-state index in [0.717, 1.165) is 12.8 Å². The summed E-state index contributed by atoms with van der Waals surface area (Å²) in [6.07, 6.45) is 3.87. The van der Waals surface area contributed by atoms with Gasteiger partial charge in [0, 0.05) is 5.25 Å². The Kier molecular flexibility index (Phi) is 1.92. The molecular weight excluding hydrogens is 174 g/mol. The summed E-state index contributed by atoms with van der Waals surface area (Å²) >= 11 is 1.61. The van der Waals surface area contributed by atoms with E-state index < -0.39 is 5.97 Å². The van der Waals surface area contributed by atoms with Crippen LogP contribution in [0.15, 0.2) is 16.0 Å². The standard InChI is InChI=1S/C8H9NO2S/c10-8(11)5-4-12-6-2-1-3-9-7(5)6/h3-4,6-7H,1-2H2,(H,10,11). The molecule has 0 bridgehead atoms. The summed E-state index contributed by atoms with van der Waals surface area (Å²) in [6.45, 7) is 0. The zero-order valence-corrected chi connectivity index (χ0v) is 7.25. The highest BCUT2D eigenvalue weighted by atomic mass is 32.2. The number of carboxylic acid groups (broad SMARTS) is 1. The van der Waals surface area contributed by atoms with Crippen LogP contribution in [0.1, 0.15) is 12.8 Å². The Morgan fingerprint density at radius 3 is 3.33 bits per heavy atom. The average molecular weight is 183 g/mol. The predicted molar refractivity (Wildman–Crippen MR) is 48.6 cm³/mol. The molecule has 0 radical (unpaired) electrons. The molecule has 0 fully saturated rings. The van der Waals surface area contributed by atoms with Crippen LogP contribution in [0, 0.1) is 0 Å². The molecule has 2 aliphatic rings. The molecule has 0 saturated heterocycles. The van der Waals surface area contributed by atoms with E-state index in [1.807, 2.05) is 6.21 Å². The highest BCUT2D eigenvalue weighted by Crippen LogP contribution is 2.37. The van der Waals surface area contributed by atoms with Crippen LogP contribution in [-0.4, -0.2) is 28.6 Å². The number of rotatable bonds is 1. The molecule has 0 saturated carbocycles. The second-order valence-electron chi connectivity index (χ2n) is 2.91. The van der Waals surface area contributed by atoms with Crippen molar-refractivity contribution in [2.24, 2.45) is 4.99 Å². The van der Waals surface area contributed by atoms with Crippen molar-refractivity contribution < 1.29 is 9.90 Å². The van der Waals surface area contributed by atoms with Crippen molar-refractivity contribution in [1.29, 1.82) is 0 Å². The van der Waals surface area contributed by atoms with Crippen LogP contribution < -0.4 is 0 Å². The normalized spacial score (nSPS) is 32.8. The molecule has 2 atom stereocenters. The summed E-state index contributed by atoms with van der Waals surface area (Å²) in [4.78, 5) is 14.9. The van der Waals surface area contributed by atoms with Gasteiger partial charge in [-0.15, -0.1) is 11.8 Å². The van der Waals surface area contributed by atoms with Gasteiger partial charge in [-0.05, 0) is 24.5 Å². The van der Waals surface area contributed by atoms with Crippen LogP contribution in [0.2, 0.25) is 0 Å². The summed E-state index contributed by atoms with van der Waals surface area (Å²) < 4.78 is 0. The maximum atomic E-state index is 10.7. The fourth-order valence-electron chi connectivity index (χ4n) is 1.51. The third-order valence-corrected chi connectivity index (χ3v) is 3.37. The number of carbonyl (C=O) groups is 1. The minimum Gasteiger partial charge on any atom is -0.478 e. The molecule has 1 N–H and O–H groups in total. The van der Waals surface area contributed by atoms with Crippen LogP contribution in [0.3, 0.4) is 0 Å². The minimum atomic E-state index is -0.825. The van der Waals surface area contributed by atoms with Crippen molar-refractivity contribution in [1.82, 2.24) is 0 Å². The molecule has 0 aromatic carbocycles. The summed E-state index contributed by atoms with van der Waals surface area (Å²) in [5, 5.41) is 10.9. The Hall–Kier alpha value is -0.770. The fourth-order valence-corrected chi connectivity index (χ4v) is 2.71. The number of hydrogen-bond acceptors (Lipinski definition) is 3. The Balaban J connectivity index is 2.22. The predicted octanol–water partition coefficient (Wildman–Crippen LogP) is 1.30. The van der Waals surface area contributed by atoms with Crippen LogP contribution in [-0.2, 0) is 4.79 Å². The van der Waals surface area contributed by atoms with Gasteiger partial charge in [-0.25, -0.2) is 4.79 Å². The van der Waals surface area contributed by atoms with Gasteiger partial charge in [0.05, 0.1) is 11.6 Å². The highest BCUT2D eigenvalue weighted by molar-refractivity contribution is 8.03. The van der Waals surface area contributed by atoms with Crippen molar-refractivity contribution in [2.45, 2.75) is 24.1 Å². The number of aliphatic imine (C=N–C) groups is 1. The van der Waals surface area contributed by atoms with Crippen LogP contribution in [0.5, 0.6) is 0 Å². The lowest BCUT2D eigenvalue weighted by Gasteiger charge is -2.19. The lowest BCUT2D eigenvalue weighted by Crippen LogP contribution is -2.26. The quantitative estimate of drug-likeness (QED) is 0.666. The van der Waals surface area contributed by atoms with Gasteiger partial charge in [-0.3, -0.25) is 4.99 Å². The lowest BCUT2D eigenvalue weighted by atomic mass is 10.0. The zero-order chi connectivity index (χ0) is 8.55. The first-order valence-corrected chi connectivity index (χ1v) is 4.84. The van der Waals surface area contributed by atoms with E-state index in [0.29, 0.717) is 10.8 Å². The fraction of sp³-hybridized carbons (Fsp3) is 0.500. The van der Waals surface area contributed by atoms with Crippen molar-refractivity contribution in [3.63, 3.8) is 0 Å². The molecule has 64 valence electrons. The van der Waals surface area contributed by atoms with Crippen LogP contribution in [0.25, 0.3) is 0 Å². The second-order valence-corrected chi connectivity index (χ2v) is 4.02. The monoisotopic (exact) mass is 183 g/mol. The summed E-state index contributed by atoms with van der Waals surface area (Å²) in [5.41, 5.74) is 0.459. The van der Waals surface area contributed by atoms with Crippen LogP contribution >= 0.6 is 11.8 Å². The van der Waals surface area contributed by atoms with Gasteiger partial charge in [-0.1, -0.05) is 0 Å². The number of carboxylic acids is 1. The van der Waals surface area contributed by atoms with E-state index in [1.165, 1.54) is 0 Å². The van der Waals surface area contributed by atoms with E-state index in [2.05, 4.69) is 4.99 Å². The van der Waals surface area contributed by atoms with Crippen LogP contribution in [0.4, 0.5) is 0 Å². The number of hydrogen-bond donors (Lipinski definition) is 1. The molecule has 2 rings (SSSR count). The third kappa shape index (κ3) is 1.16.